The van der Waals surface area contributed by atoms with E-state index in [9.17, 15) is 38.4 Å². The second kappa shape index (κ2) is 29.1. The summed E-state index contributed by atoms with van der Waals surface area (Å²) >= 11 is 0. The molecule has 0 saturated carbocycles. The number of hydrogen-bond acceptors (Lipinski definition) is 13. The highest BCUT2D eigenvalue weighted by Crippen LogP contribution is 2.09. The van der Waals surface area contributed by atoms with E-state index in [4.69, 9.17) is 39.5 Å². The Kier molecular flexibility index (Phi) is 26.6. The van der Waals surface area contributed by atoms with Gasteiger partial charge in [-0.2, -0.15) is 0 Å². The maximum atomic E-state index is 13.6. The summed E-state index contributed by atoms with van der Waals surface area (Å²) in [6.45, 7) is 0.123. The lowest BCUT2D eigenvalue weighted by Gasteiger charge is -2.26. The Morgan fingerprint density at radius 1 is 0.472 bits per heavy atom. The van der Waals surface area contributed by atoms with Gasteiger partial charge in [0.15, 0.2) is 0 Å². The topological polar surface area (TPSA) is 385 Å². The van der Waals surface area contributed by atoms with Gasteiger partial charge < -0.3 is 71.4 Å². The van der Waals surface area contributed by atoms with Crippen LogP contribution in [0, 0.1) is 0 Å². The minimum Gasteiger partial charge on any atom is -0.480 e. The number of carboxylic acid groups (broad SMARTS) is 1. The molecule has 0 aliphatic carbocycles. The fourth-order valence-corrected chi connectivity index (χ4v) is 4.96. The highest BCUT2D eigenvalue weighted by Gasteiger charge is 2.32. The molecule has 5 atom stereocenters. The zero-order chi connectivity index (χ0) is 40.2. The van der Waals surface area contributed by atoms with Crippen LogP contribution in [0.3, 0.4) is 0 Å². The van der Waals surface area contributed by atoms with Crippen molar-refractivity contribution in [2.75, 3.05) is 39.3 Å². The Hall–Kier alpha value is -4.44. The molecule has 0 saturated heterocycles. The van der Waals surface area contributed by atoms with E-state index in [1.165, 1.54) is 0 Å². The molecule has 0 aliphatic rings. The smallest absolute Gasteiger partial charge is 0.322 e. The molecule has 21 nitrogen and oxygen atoms in total. The molecule has 304 valence electrons. The van der Waals surface area contributed by atoms with Gasteiger partial charge in [0.2, 0.25) is 41.4 Å². The molecule has 7 amide bonds. The molecule has 0 aliphatic heterocycles. The molecule has 0 aromatic rings. The molecule has 0 fully saturated rings. The summed E-state index contributed by atoms with van der Waals surface area (Å²) in [5.41, 5.74) is 33.8. The first-order valence-corrected chi connectivity index (χ1v) is 18.0. The Balaban J connectivity index is 6.04. The van der Waals surface area contributed by atoms with Gasteiger partial charge in [0.05, 0.1) is 19.0 Å². The van der Waals surface area contributed by atoms with E-state index in [0.717, 1.165) is 0 Å². The number of rotatable bonds is 31. The molecule has 0 rings (SSSR count). The first kappa shape index (κ1) is 48.6. The summed E-state index contributed by atoms with van der Waals surface area (Å²) in [7, 11) is 0. The van der Waals surface area contributed by atoms with Crippen LogP contribution >= 0.6 is 0 Å². The molecular formula is C32H62N12O9. The number of nitrogens with one attached hydrogen (secondary N) is 6. The molecule has 5 unspecified atom stereocenters. The zero-order valence-electron chi connectivity index (χ0n) is 30.5. The highest BCUT2D eigenvalue weighted by molar-refractivity contribution is 5.97. The largest absolute Gasteiger partial charge is 0.480 e. The fourth-order valence-electron chi connectivity index (χ4n) is 4.96. The van der Waals surface area contributed by atoms with Gasteiger partial charge in [0.25, 0.3) is 0 Å². The summed E-state index contributed by atoms with van der Waals surface area (Å²) in [4.78, 5) is 101. The highest BCUT2D eigenvalue weighted by atomic mass is 16.4. The number of unbranched alkanes of at least 4 members (excludes halogenated alkanes) is 4. The summed E-state index contributed by atoms with van der Waals surface area (Å²) in [6, 6.07) is -6.02. The minimum atomic E-state index is -1.58. The van der Waals surface area contributed by atoms with Crippen molar-refractivity contribution in [1.82, 2.24) is 31.9 Å². The van der Waals surface area contributed by atoms with Gasteiger partial charge in [0, 0.05) is 0 Å². The third-order valence-corrected chi connectivity index (χ3v) is 7.94. The Bertz CT molecular complexity index is 1180. The van der Waals surface area contributed by atoms with E-state index < -0.39 is 97.0 Å². The number of aliphatic carboxylic acids is 1. The predicted molar refractivity (Wildman–Crippen MR) is 195 cm³/mol. The van der Waals surface area contributed by atoms with Crippen molar-refractivity contribution in [1.29, 1.82) is 0 Å². The molecule has 0 aromatic carbocycles. The Labute approximate surface area is 309 Å². The van der Waals surface area contributed by atoms with Crippen LogP contribution in [0.5, 0.6) is 0 Å². The number of primary amides is 1. The number of hydrogen-bond donors (Lipinski definition) is 13. The monoisotopic (exact) mass is 758 g/mol. The third kappa shape index (κ3) is 23.0. The van der Waals surface area contributed by atoms with E-state index in [-0.39, 0.29) is 25.8 Å². The van der Waals surface area contributed by atoms with Gasteiger partial charge >= 0.3 is 5.97 Å². The second-order valence-corrected chi connectivity index (χ2v) is 12.5. The first-order valence-electron chi connectivity index (χ1n) is 18.0. The van der Waals surface area contributed by atoms with Gasteiger partial charge in [-0.05, 0) is 96.8 Å². The standard InChI is InChI=1S/C32H62N12O9/c33-13-5-1-9-20(37)28(49)41-22(11-3-7-15-35)30(51)43-23(12-4-8-16-36)31(52)44-24(17-25(38)45)32(53)42-21(10-2-6-14-34)29(50)40-18-26(46)39-19-27(47)48/h20-24H,1-19,33-37H2,(H2,38,45)(H,39,46)(H,40,50)(H,41,49)(H,42,53)(H,43,51)(H,44,52)(H,47,48). The molecule has 0 aromatic heterocycles. The summed E-state index contributed by atoms with van der Waals surface area (Å²) in [6.07, 6.45) is 4.10. The van der Waals surface area contributed by atoms with Crippen LogP contribution in [-0.4, -0.2) is 122 Å². The van der Waals surface area contributed by atoms with Crippen LogP contribution in [0.4, 0.5) is 0 Å². The van der Waals surface area contributed by atoms with Gasteiger partial charge in [-0.25, -0.2) is 0 Å². The van der Waals surface area contributed by atoms with Crippen LogP contribution in [-0.2, 0) is 38.4 Å². The van der Waals surface area contributed by atoms with Crippen LogP contribution in [0.15, 0.2) is 0 Å². The van der Waals surface area contributed by atoms with Gasteiger partial charge in [-0.3, -0.25) is 38.4 Å². The number of carboxylic acids is 1. The molecule has 0 spiro atoms. The number of nitrogens with two attached hydrogens (primary N) is 6. The van der Waals surface area contributed by atoms with Crippen molar-refractivity contribution in [2.45, 2.75) is 114 Å². The number of carbonyl (C=O) groups is 8. The first-order chi connectivity index (χ1) is 25.2. The van der Waals surface area contributed by atoms with Crippen molar-refractivity contribution < 1.29 is 43.5 Å². The fraction of sp³-hybridized carbons (Fsp3) is 0.750. The normalized spacial score (nSPS) is 13.7. The quantitative estimate of drug-likeness (QED) is 0.0295. The van der Waals surface area contributed by atoms with E-state index in [1.807, 2.05) is 0 Å². The lowest BCUT2D eigenvalue weighted by atomic mass is 10.0. The molecule has 0 bridgehead atoms. The van der Waals surface area contributed by atoms with Crippen LogP contribution < -0.4 is 66.3 Å². The SMILES string of the molecule is NCCCCC(N)C(=O)NC(CCCCN)C(=O)NC(CCCCN)C(=O)NC(CC(N)=O)C(=O)NC(CCCCN)C(=O)NCC(=O)NCC(=O)O. The lowest BCUT2D eigenvalue weighted by molar-refractivity contribution is -0.138. The van der Waals surface area contributed by atoms with Gasteiger partial charge in [0.1, 0.15) is 30.7 Å². The Morgan fingerprint density at radius 2 is 0.849 bits per heavy atom. The van der Waals surface area contributed by atoms with Crippen molar-refractivity contribution >= 4 is 47.3 Å². The molecule has 0 radical (unpaired) electrons. The predicted octanol–water partition coefficient (Wildman–Crippen LogP) is -5.04. The molecule has 19 N–H and O–H groups in total. The van der Waals surface area contributed by atoms with Crippen LogP contribution in [0.1, 0.15) is 83.5 Å². The van der Waals surface area contributed by atoms with Crippen molar-refractivity contribution in [3.8, 4) is 0 Å². The average Bonchev–Trinajstić information content (AvgIpc) is 3.11. The lowest BCUT2D eigenvalue weighted by Crippen LogP contribution is -2.59. The van der Waals surface area contributed by atoms with Gasteiger partial charge in [-0.15, -0.1) is 0 Å². The molecular weight excluding hydrogens is 696 g/mol. The van der Waals surface area contributed by atoms with E-state index in [1.54, 1.807) is 0 Å². The third-order valence-electron chi connectivity index (χ3n) is 7.94. The number of amides is 7. The zero-order valence-corrected chi connectivity index (χ0v) is 30.5. The summed E-state index contributed by atoms with van der Waals surface area (Å²) in [5, 5.41) is 23.3. The van der Waals surface area contributed by atoms with Crippen LogP contribution in [0.2, 0.25) is 0 Å². The Morgan fingerprint density at radius 3 is 1.26 bits per heavy atom. The summed E-state index contributed by atoms with van der Waals surface area (Å²) in [5.74, 6) is -6.87. The van der Waals surface area contributed by atoms with Crippen molar-refractivity contribution in [3.05, 3.63) is 0 Å². The van der Waals surface area contributed by atoms with E-state index >= 15 is 0 Å². The molecule has 21 heteroatoms. The van der Waals surface area contributed by atoms with Crippen LogP contribution in [0.25, 0.3) is 0 Å². The van der Waals surface area contributed by atoms with Crippen molar-refractivity contribution in [3.63, 3.8) is 0 Å². The maximum absolute atomic E-state index is 13.6. The second-order valence-electron chi connectivity index (χ2n) is 12.5. The van der Waals surface area contributed by atoms with Crippen molar-refractivity contribution in [2.24, 2.45) is 34.4 Å². The van der Waals surface area contributed by atoms with E-state index in [0.29, 0.717) is 77.4 Å². The maximum Gasteiger partial charge on any atom is 0.322 e. The summed E-state index contributed by atoms with van der Waals surface area (Å²) < 4.78 is 0. The molecule has 0 heterocycles. The van der Waals surface area contributed by atoms with Gasteiger partial charge in [-0.1, -0.05) is 6.42 Å². The van der Waals surface area contributed by atoms with E-state index in [2.05, 4.69) is 31.9 Å². The number of carbonyl (C=O) groups excluding carboxylic acids is 7. The molecule has 53 heavy (non-hydrogen) atoms. The average molecular weight is 759 g/mol. The minimum absolute atomic E-state index is 0.0640.